The first-order valence-corrected chi connectivity index (χ1v) is 9.86. The second-order valence-corrected chi connectivity index (χ2v) is 7.94. The van der Waals surface area contributed by atoms with Crippen molar-refractivity contribution >= 4 is 17.3 Å². The van der Waals surface area contributed by atoms with Gasteiger partial charge in [-0.15, -0.1) is 0 Å². The fourth-order valence-corrected chi connectivity index (χ4v) is 2.63. The van der Waals surface area contributed by atoms with Crippen LogP contribution < -0.4 is 10.6 Å². The zero-order valence-electron chi connectivity index (χ0n) is 18.1. The summed E-state index contributed by atoms with van der Waals surface area (Å²) in [6, 6.07) is 6.01. The Labute approximate surface area is 190 Å². The summed E-state index contributed by atoms with van der Waals surface area (Å²) >= 11 is 0. The molecule has 0 bridgehead atoms. The predicted octanol–water partition coefficient (Wildman–Crippen LogP) is 5.29. The molecule has 3 aromatic rings. The Balaban J connectivity index is 2.05. The van der Waals surface area contributed by atoms with Crippen LogP contribution in [0.15, 0.2) is 42.6 Å². The van der Waals surface area contributed by atoms with Crippen LogP contribution >= 0.6 is 0 Å². The highest BCUT2D eigenvalue weighted by Crippen LogP contribution is 2.31. The SMILES string of the molecule is CC(Nc1cc(Nc2ccnc(C(F)(F)F)c2)nc(-c2cccc(C(F)(F)F)n2)n1)C(C)(C)O. The molecule has 13 heteroatoms. The predicted molar refractivity (Wildman–Crippen MR) is 112 cm³/mol. The fraction of sp³-hybridized carbons (Fsp3) is 0.333. The molecule has 0 fully saturated rings. The lowest BCUT2D eigenvalue weighted by Gasteiger charge is -2.27. The van der Waals surface area contributed by atoms with Crippen molar-refractivity contribution in [1.29, 1.82) is 0 Å². The van der Waals surface area contributed by atoms with Crippen molar-refractivity contribution in [2.45, 2.75) is 44.8 Å². The van der Waals surface area contributed by atoms with E-state index in [1.165, 1.54) is 32.0 Å². The molecule has 182 valence electrons. The summed E-state index contributed by atoms with van der Waals surface area (Å²) in [6.07, 6.45) is -8.42. The largest absolute Gasteiger partial charge is 0.433 e. The first-order chi connectivity index (χ1) is 15.6. The van der Waals surface area contributed by atoms with Crippen molar-refractivity contribution in [3.63, 3.8) is 0 Å². The molecule has 0 aliphatic rings. The first kappa shape index (κ1) is 25.1. The van der Waals surface area contributed by atoms with Crippen molar-refractivity contribution in [3.05, 3.63) is 54.0 Å². The van der Waals surface area contributed by atoms with Crippen LogP contribution in [0.1, 0.15) is 32.2 Å². The third-order valence-corrected chi connectivity index (χ3v) is 4.74. The van der Waals surface area contributed by atoms with Crippen LogP contribution in [-0.4, -0.2) is 36.7 Å². The number of pyridine rings is 2. The Hall–Kier alpha value is -3.48. The monoisotopic (exact) mass is 486 g/mol. The van der Waals surface area contributed by atoms with Gasteiger partial charge in [0.25, 0.3) is 0 Å². The molecule has 0 aliphatic heterocycles. The molecule has 0 amide bonds. The van der Waals surface area contributed by atoms with Gasteiger partial charge in [-0.2, -0.15) is 26.3 Å². The quantitative estimate of drug-likeness (QED) is 0.408. The third kappa shape index (κ3) is 6.31. The van der Waals surface area contributed by atoms with Gasteiger partial charge in [-0.1, -0.05) is 6.07 Å². The Morgan fingerprint density at radius 3 is 2.12 bits per heavy atom. The van der Waals surface area contributed by atoms with E-state index < -0.39 is 35.4 Å². The fourth-order valence-electron chi connectivity index (χ4n) is 2.63. The van der Waals surface area contributed by atoms with Crippen LogP contribution in [0, 0.1) is 0 Å². The van der Waals surface area contributed by atoms with Gasteiger partial charge < -0.3 is 15.7 Å². The molecule has 0 aliphatic carbocycles. The molecule has 7 nitrogen and oxygen atoms in total. The van der Waals surface area contributed by atoms with Gasteiger partial charge in [0.15, 0.2) is 5.82 Å². The molecule has 34 heavy (non-hydrogen) atoms. The maximum absolute atomic E-state index is 13.1. The summed E-state index contributed by atoms with van der Waals surface area (Å²) in [6.45, 7) is 4.72. The number of anilines is 3. The van der Waals surface area contributed by atoms with E-state index in [0.29, 0.717) is 0 Å². The summed E-state index contributed by atoms with van der Waals surface area (Å²) in [5.41, 5.74) is -3.70. The lowest BCUT2D eigenvalue weighted by molar-refractivity contribution is -0.141. The van der Waals surface area contributed by atoms with Crippen LogP contribution in [-0.2, 0) is 12.4 Å². The minimum Gasteiger partial charge on any atom is -0.388 e. The zero-order chi connectivity index (χ0) is 25.3. The molecule has 3 N–H and O–H groups in total. The molecule has 3 heterocycles. The molecule has 0 saturated heterocycles. The number of nitrogens with one attached hydrogen (secondary N) is 2. The molecule has 1 atom stereocenters. The Morgan fingerprint density at radius 2 is 1.50 bits per heavy atom. The van der Waals surface area contributed by atoms with Crippen LogP contribution in [0.25, 0.3) is 11.5 Å². The van der Waals surface area contributed by atoms with Crippen molar-refractivity contribution in [3.8, 4) is 11.5 Å². The topological polar surface area (TPSA) is 95.9 Å². The number of hydrogen-bond donors (Lipinski definition) is 3. The molecule has 0 spiro atoms. The number of rotatable bonds is 6. The minimum absolute atomic E-state index is 0.00883. The molecule has 0 saturated carbocycles. The number of hydrogen-bond acceptors (Lipinski definition) is 7. The van der Waals surface area contributed by atoms with Gasteiger partial charge in [-0.3, -0.25) is 4.98 Å². The number of aliphatic hydroxyl groups is 1. The van der Waals surface area contributed by atoms with Gasteiger partial charge in [-0.25, -0.2) is 15.0 Å². The molecule has 0 radical (unpaired) electrons. The molecule has 0 aromatic carbocycles. The van der Waals surface area contributed by atoms with E-state index in [-0.39, 0.29) is 28.8 Å². The van der Waals surface area contributed by atoms with Crippen LogP contribution in [0.5, 0.6) is 0 Å². The maximum atomic E-state index is 13.1. The van der Waals surface area contributed by atoms with Crippen molar-refractivity contribution < 1.29 is 31.4 Å². The second kappa shape index (κ2) is 9.05. The lowest BCUT2D eigenvalue weighted by Crippen LogP contribution is -2.39. The van der Waals surface area contributed by atoms with E-state index in [9.17, 15) is 31.4 Å². The van der Waals surface area contributed by atoms with Gasteiger partial charge in [0.05, 0.1) is 11.6 Å². The standard InChI is InChI=1S/C21H20F6N6O/c1-11(19(2,3)34)29-16-10-17(30-12-7-8-28-15(9-12)21(25,26)27)33-18(32-16)13-5-4-6-14(31-13)20(22,23)24/h4-11,34H,1-3H3,(H2,28,29,30,32,33). The van der Waals surface area contributed by atoms with E-state index in [1.807, 2.05) is 0 Å². The molecular formula is C21H20F6N6O. The van der Waals surface area contributed by atoms with Gasteiger partial charge in [0, 0.05) is 18.0 Å². The second-order valence-electron chi connectivity index (χ2n) is 7.94. The summed E-state index contributed by atoms with van der Waals surface area (Å²) in [5, 5.41) is 15.8. The van der Waals surface area contributed by atoms with E-state index in [1.54, 1.807) is 6.92 Å². The average Bonchev–Trinajstić information content (AvgIpc) is 2.72. The number of aromatic nitrogens is 4. The normalized spacial score (nSPS) is 13.5. The number of nitrogens with zero attached hydrogens (tertiary/aromatic N) is 4. The van der Waals surface area contributed by atoms with Crippen LogP contribution in [0.2, 0.25) is 0 Å². The van der Waals surface area contributed by atoms with Gasteiger partial charge in [0.2, 0.25) is 0 Å². The number of alkyl halides is 6. The Kier molecular flexibility index (Phi) is 6.69. The lowest BCUT2D eigenvalue weighted by atomic mass is 10.0. The molecule has 1 unspecified atom stereocenters. The third-order valence-electron chi connectivity index (χ3n) is 4.74. The molecular weight excluding hydrogens is 466 g/mol. The highest BCUT2D eigenvalue weighted by molar-refractivity contribution is 5.64. The van der Waals surface area contributed by atoms with E-state index >= 15 is 0 Å². The summed E-state index contributed by atoms with van der Waals surface area (Å²) in [5.74, 6) is -0.132. The van der Waals surface area contributed by atoms with Crippen LogP contribution in [0.3, 0.4) is 0 Å². The first-order valence-electron chi connectivity index (χ1n) is 9.86. The maximum Gasteiger partial charge on any atom is 0.433 e. The van der Waals surface area contributed by atoms with Crippen molar-refractivity contribution in [2.75, 3.05) is 10.6 Å². The van der Waals surface area contributed by atoms with E-state index in [2.05, 4.69) is 30.6 Å². The average molecular weight is 486 g/mol. The minimum atomic E-state index is -4.70. The summed E-state index contributed by atoms with van der Waals surface area (Å²) in [4.78, 5) is 15.2. The number of halogens is 6. The Bertz CT molecular complexity index is 1160. The van der Waals surface area contributed by atoms with E-state index in [0.717, 1.165) is 24.4 Å². The summed E-state index contributed by atoms with van der Waals surface area (Å²) < 4.78 is 78.3. The van der Waals surface area contributed by atoms with Gasteiger partial charge in [0.1, 0.15) is 28.7 Å². The zero-order valence-corrected chi connectivity index (χ0v) is 18.1. The van der Waals surface area contributed by atoms with Crippen molar-refractivity contribution in [1.82, 2.24) is 19.9 Å². The smallest absolute Gasteiger partial charge is 0.388 e. The van der Waals surface area contributed by atoms with E-state index in [4.69, 9.17) is 0 Å². The molecule has 3 aromatic heterocycles. The highest BCUT2D eigenvalue weighted by atomic mass is 19.4. The highest BCUT2D eigenvalue weighted by Gasteiger charge is 2.33. The summed E-state index contributed by atoms with van der Waals surface area (Å²) in [7, 11) is 0. The Morgan fingerprint density at radius 1 is 0.853 bits per heavy atom. The van der Waals surface area contributed by atoms with Crippen LogP contribution in [0.4, 0.5) is 43.7 Å². The van der Waals surface area contributed by atoms with Crippen molar-refractivity contribution in [2.24, 2.45) is 0 Å². The van der Waals surface area contributed by atoms with Gasteiger partial charge in [-0.05, 0) is 45.0 Å². The molecule has 3 rings (SSSR count). The van der Waals surface area contributed by atoms with Gasteiger partial charge >= 0.3 is 12.4 Å².